The lowest BCUT2D eigenvalue weighted by Gasteiger charge is -2.03. The average molecular weight is 284 g/mol. The van der Waals surface area contributed by atoms with Crippen LogP contribution in [0.1, 0.15) is 5.56 Å². The zero-order valence-electron chi connectivity index (χ0n) is 8.58. The number of ether oxygens (including phenoxy) is 1. The first-order chi connectivity index (χ1) is 7.61. The number of fused-ring (bicyclic) bond motifs is 1. The van der Waals surface area contributed by atoms with Crippen LogP contribution in [-0.4, -0.2) is 23.2 Å². The molecule has 0 fully saturated rings. The largest absolute Gasteiger partial charge is 0.497 e. The summed E-state index contributed by atoms with van der Waals surface area (Å²) in [6, 6.07) is 3.66. The molecule has 0 saturated carbocycles. The van der Waals surface area contributed by atoms with E-state index in [0.29, 0.717) is 0 Å². The fourth-order valence-electron chi connectivity index (χ4n) is 1.68. The van der Waals surface area contributed by atoms with Crippen LogP contribution in [0.25, 0.3) is 10.9 Å². The molecule has 2 N–H and O–H groups in total. The Balaban J connectivity index is 2.59. The van der Waals surface area contributed by atoms with Crippen molar-refractivity contribution in [3.63, 3.8) is 0 Å². The average Bonchev–Trinajstić information content (AvgIpc) is 2.60. The third kappa shape index (κ3) is 1.90. The standard InChI is InChI=1S/C11H10BrNO3/c1-16-7-3-8(12)11-6(2-10(14)15)5-13-9(11)4-7/h3-5,13H,2H2,1H3,(H,14,15). The second kappa shape index (κ2) is 4.17. The summed E-state index contributed by atoms with van der Waals surface area (Å²) in [7, 11) is 1.59. The summed E-state index contributed by atoms with van der Waals surface area (Å²) in [5.41, 5.74) is 1.62. The Labute approximate surface area is 100 Å². The zero-order chi connectivity index (χ0) is 11.7. The van der Waals surface area contributed by atoms with Gasteiger partial charge in [-0.1, -0.05) is 0 Å². The van der Waals surface area contributed by atoms with Gasteiger partial charge >= 0.3 is 5.97 Å². The van der Waals surface area contributed by atoms with Crippen molar-refractivity contribution in [3.05, 3.63) is 28.4 Å². The molecule has 2 aromatic rings. The van der Waals surface area contributed by atoms with Gasteiger partial charge in [-0.3, -0.25) is 4.79 Å². The van der Waals surface area contributed by atoms with Crippen LogP contribution in [0.15, 0.2) is 22.8 Å². The fraction of sp³-hybridized carbons (Fsp3) is 0.182. The highest BCUT2D eigenvalue weighted by molar-refractivity contribution is 9.10. The smallest absolute Gasteiger partial charge is 0.307 e. The number of hydrogen-bond acceptors (Lipinski definition) is 2. The maximum absolute atomic E-state index is 10.7. The molecule has 0 spiro atoms. The van der Waals surface area contributed by atoms with Crippen molar-refractivity contribution in [3.8, 4) is 5.75 Å². The molecule has 0 aliphatic carbocycles. The van der Waals surface area contributed by atoms with Crippen LogP contribution >= 0.6 is 15.9 Å². The highest BCUT2D eigenvalue weighted by Crippen LogP contribution is 2.31. The third-order valence-corrected chi connectivity index (χ3v) is 2.99. The number of carboxylic acid groups (broad SMARTS) is 1. The van der Waals surface area contributed by atoms with E-state index in [1.807, 2.05) is 12.1 Å². The number of aromatic nitrogens is 1. The molecular weight excluding hydrogens is 274 g/mol. The van der Waals surface area contributed by atoms with Crippen molar-refractivity contribution >= 4 is 32.8 Å². The fourth-order valence-corrected chi connectivity index (χ4v) is 2.37. The predicted octanol–water partition coefficient (Wildman–Crippen LogP) is 2.57. The van der Waals surface area contributed by atoms with Gasteiger partial charge in [-0.2, -0.15) is 0 Å². The van der Waals surface area contributed by atoms with Gasteiger partial charge in [0.1, 0.15) is 5.75 Å². The monoisotopic (exact) mass is 283 g/mol. The van der Waals surface area contributed by atoms with E-state index in [1.165, 1.54) is 0 Å². The van der Waals surface area contributed by atoms with Gasteiger partial charge in [0.15, 0.2) is 0 Å². The van der Waals surface area contributed by atoms with Gasteiger partial charge in [0.25, 0.3) is 0 Å². The van der Waals surface area contributed by atoms with Crippen molar-refractivity contribution in [1.29, 1.82) is 0 Å². The lowest BCUT2D eigenvalue weighted by molar-refractivity contribution is -0.136. The molecule has 1 aromatic carbocycles. The van der Waals surface area contributed by atoms with E-state index in [2.05, 4.69) is 20.9 Å². The molecule has 1 heterocycles. The van der Waals surface area contributed by atoms with E-state index in [1.54, 1.807) is 13.3 Å². The molecule has 1 aromatic heterocycles. The molecule has 16 heavy (non-hydrogen) atoms. The van der Waals surface area contributed by atoms with Gasteiger partial charge < -0.3 is 14.8 Å². The summed E-state index contributed by atoms with van der Waals surface area (Å²) >= 11 is 3.42. The molecule has 5 heteroatoms. The molecular formula is C11H10BrNO3. The Hall–Kier alpha value is -1.49. The highest BCUT2D eigenvalue weighted by Gasteiger charge is 2.11. The maximum atomic E-state index is 10.7. The number of halogens is 1. The summed E-state index contributed by atoms with van der Waals surface area (Å²) in [5, 5.41) is 9.67. The van der Waals surface area contributed by atoms with Crippen LogP contribution in [-0.2, 0) is 11.2 Å². The Morgan fingerprint density at radius 3 is 2.94 bits per heavy atom. The highest BCUT2D eigenvalue weighted by atomic mass is 79.9. The molecule has 0 unspecified atom stereocenters. The lowest BCUT2D eigenvalue weighted by atomic mass is 10.1. The van der Waals surface area contributed by atoms with Crippen LogP contribution in [0.4, 0.5) is 0 Å². The molecule has 0 saturated heterocycles. The first kappa shape index (κ1) is 11.0. The van der Waals surface area contributed by atoms with Crippen molar-refractivity contribution in [2.24, 2.45) is 0 Å². The van der Waals surface area contributed by atoms with E-state index in [9.17, 15) is 4.79 Å². The SMILES string of the molecule is COc1cc(Br)c2c(CC(=O)O)c[nH]c2c1. The molecule has 4 nitrogen and oxygen atoms in total. The summed E-state index contributed by atoms with van der Waals surface area (Å²) in [5.74, 6) is -0.119. The van der Waals surface area contributed by atoms with Crippen LogP contribution in [0.5, 0.6) is 5.75 Å². The number of carbonyl (C=O) groups is 1. The quantitative estimate of drug-likeness (QED) is 0.910. The minimum Gasteiger partial charge on any atom is -0.497 e. The Morgan fingerprint density at radius 2 is 2.31 bits per heavy atom. The molecule has 0 bridgehead atoms. The molecule has 0 amide bonds. The number of hydrogen-bond donors (Lipinski definition) is 2. The van der Waals surface area contributed by atoms with Gasteiger partial charge in [-0.05, 0) is 27.6 Å². The van der Waals surface area contributed by atoms with Gasteiger partial charge in [0.05, 0.1) is 19.0 Å². The lowest BCUT2D eigenvalue weighted by Crippen LogP contribution is -1.99. The van der Waals surface area contributed by atoms with E-state index < -0.39 is 5.97 Å². The molecule has 0 aliphatic heterocycles. The number of nitrogens with one attached hydrogen (secondary N) is 1. The van der Waals surface area contributed by atoms with Gasteiger partial charge in [0, 0.05) is 22.1 Å². The first-order valence-electron chi connectivity index (χ1n) is 4.67. The van der Waals surface area contributed by atoms with E-state index in [0.717, 1.165) is 26.7 Å². The first-order valence-corrected chi connectivity index (χ1v) is 5.46. The second-order valence-corrected chi connectivity index (χ2v) is 4.27. The number of aliphatic carboxylic acids is 1. The van der Waals surface area contributed by atoms with Gasteiger partial charge in [-0.25, -0.2) is 0 Å². The van der Waals surface area contributed by atoms with Crippen molar-refractivity contribution < 1.29 is 14.6 Å². The van der Waals surface area contributed by atoms with Crippen LogP contribution in [0, 0.1) is 0 Å². The van der Waals surface area contributed by atoms with Gasteiger partial charge in [0.2, 0.25) is 0 Å². The number of H-pyrrole nitrogens is 1. The number of methoxy groups -OCH3 is 1. The molecule has 0 aliphatic rings. The summed E-state index contributed by atoms with van der Waals surface area (Å²) < 4.78 is 5.96. The summed E-state index contributed by atoms with van der Waals surface area (Å²) in [6.45, 7) is 0. The van der Waals surface area contributed by atoms with Crippen LogP contribution < -0.4 is 4.74 Å². The van der Waals surface area contributed by atoms with Crippen molar-refractivity contribution in [2.45, 2.75) is 6.42 Å². The predicted molar refractivity (Wildman–Crippen MR) is 63.9 cm³/mol. The minimum atomic E-state index is -0.844. The molecule has 0 atom stereocenters. The normalized spacial score (nSPS) is 10.6. The number of benzene rings is 1. The van der Waals surface area contributed by atoms with Gasteiger partial charge in [-0.15, -0.1) is 0 Å². The molecule has 84 valence electrons. The molecule has 2 rings (SSSR count). The Bertz CT molecular complexity index is 547. The zero-order valence-corrected chi connectivity index (χ0v) is 10.2. The number of carboxylic acids is 1. The van der Waals surface area contributed by atoms with Crippen LogP contribution in [0.3, 0.4) is 0 Å². The van der Waals surface area contributed by atoms with E-state index in [4.69, 9.17) is 9.84 Å². The summed E-state index contributed by atoms with van der Waals surface area (Å²) in [4.78, 5) is 13.7. The Morgan fingerprint density at radius 1 is 1.56 bits per heavy atom. The number of rotatable bonds is 3. The topological polar surface area (TPSA) is 62.3 Å². The second-order valence-electron chi connectivity index (χ2n) is 3.42. The van der Waals surface area contributed by atoms with E-state index in [-0.39, 0.29) is 6.42 Å². The Kier molecular flexibility index (Phi) is 2.87. The van der Waals surface area contributed by atoms with E-state index >= 15 is 0 Å². The van der Waals surface area contributed by atoms with Crippen molar-refractivity contribution in [2.75, 3.05) is 7.11 Å². The maximum Gasteiger partial charge on any atom is 0.307 e. The van der Waals surface area contributed by atoms with Crippen molar-refractivity contribution in [1.82, 2.24) is 4.98 Å². The van der Waals surface area contributed by atoms with Crippen LogP contribution in [0.2, 0.25) is 0 Å². The third-order valence-electron chi connectivity index (χ3n) is 2.36. The summed E-state index contributed by atoms with van der Waals surface area (Å²) in [6.07, 6.45) is 1.72. The molecule has 0 radical (unpaired) electrons. The minimum absolute atomic E-state index is 0.00489. The number of aromatic amines is 1.